The van der Waals surface area contributed by atoms with E-state index in [9.17, 15) is 0 Å². The van der Waals surface area contributed by atoms with Crippen LogP contribution < -0.4 is 0 Å². The van der Waals surface area contributed by atoms with Crippen molar-refractivity contribution in [1.82, 2.24) is 0 Å². The molecule has 0 spiro atoms. The summed E-state index contributed by atoms with van der Waals surface area (Å²) in [6, 6.07) is 6.03. The normalized spacial score (nSPS) is 10.9. The quantitative estimate of drug-likeness (QED) is 0.626. The van der Waals surface area contributed by atoms with Crippen LogP contribution in [-0.4, -0.2) is 0 Å². The van der Waals surface area contributed by atoms with Crippen molar-refractivity contribution in [3.63, 3.8) is 0 Å². The molecule has 0 aliphatic carbocycles. The number of thiophene rings is 1. The van der Waals surface area contributed by atoms with E-state index in [0.29, 0.717) is 0 Å². The second kappa shape index (κ2) is 2.95. The molecule has 0 aliphatic heterocycles. The van der Waals surface area contributed by atoms with Crippen molar-refractivity contribution < 1.29 is 0 Å². The zero-order chi connectivity index (χ0) is 8.72. The summed E-state index contributed by atoms with van der Waals surface area (Å²) in [6.45, 7) is 2.08. The minimum absolute atomic E-state index is 0.820. The van der Waals surface area contributed by atoms with Crippen molar-refractivity contribution >= 4 is 45.7 Å². The minimum Gasteiger partial charge on any atom is -0.133 e. The third-order valence-corrected chi connectivity index (χ3v) is 3.64. The highest BCUT2D eigenvalue weighted by atomic mass is 35.5. The number of thiol groups is 1. The molecule has 0 N–H and O–H groups in total. The maximum absolute atomic E-state index is 6.02. The summed E-state index contributed by atoms with van der Waals surface area (Å²) in [7, 11) is 0. The predicted molar refractivity (Wildman–Crippen MR) is 58.8 cm³/mol. The first-order valence-corrected chi connectivity index (χ1v) is 5.20. The van der Waals surface area contributed by atoms with Gasteiger partial charge in [0.05, 0.1) is 13.9 Å². The van der Waals surface area contributed by atoms with Gasteiger partial charge in [0.2, 0.25) is 0 Å². The number of hydrogen-bond acceptors (Lipinski definition) is 2. The van der Waals surface area contributed by atoms with Crippen LogP contribution in [0.4, 0.5) is 0 Å². The van der Waals surface area contributed by atoms with E-state index in [0.717, 1.165) is 13.9 Å². The second-order valence-corrected chi connectivity index (χ2v) is 4.94. The van der Waals surface area contributed by atoms with Crippen LogP contribution in [0.3, 0.4) is 0 Å². The van der Waals surface area contributed by atoms with Gasteiger partial charge in [-0.3, -0.25) is 0 Å². The molecule has 0 bridgehead atoms. The highest BCUT2D eigenvalue weighted by Gasteiger charge is 2.04. The molecule has 1 heterocycles. The van der Waals surface area contributed by atoms with E-state index < -0.39 is 0 Å². The highest BCUT2D eigenvalue weighted by molar-refractivity contribution is 7.83. The highest BCUT2D eigenvalue weighted by Crippen LogP contribution is 2.35. The molecule has 1 aromatic heterocycles. The molecule has 0 saturated carbocycles. The Bertz CT molecular complexity index is 392. The fourth-order valence-corrected chi connectivity index (χ4v) is 2.78. The van der Waals surface area contributed by atoms with Gasteiger partial charge in [-0.2, -0.15) is 0 Å². The average molecular weight is 215 g/mol. The van der Waals surface area contributed by atoms with Gasteiger partial charge in [-0.1, -0.05) is 17.7 Å². The van der Waals surface area contributed by atoms with Crippen LogP contribution in [0.5, 0.6) is 0 Å². The maximum atomic E-state index is 6.02. The molecule has 0 amide bonds. The summed E-state index contributed by atoms with van der Waals surface area (Å²) in [4.78, 5) is 0. The van der Waals surface area contributed by atoms with Gasteiger partial charge in [0.1, 0.15) is 0 Å². The van der Waals surface area contributed by atoms with Crippen LogP contribution in [0.15, 0.2) is 22.4 Å². The zero-order valence-electron chi connectivity index (χ0n) is 6.47. The summed E-state index contributed by atoms with van der Waals surface area (Å²) in [6.07, 6.45) is 0. The molecule has 3 heteroatoms. The fraction of sp³-hybridized carbons (Fsp3) is 0.111. The van der Waals surface area contributed by atoms with Crippen molar-refractivity contribution in [3.05, 3.63) is 28.8 Å². The largest absolute Gasteiger partial charge is 0.133 e. The first-order valence-electron chi connectivity index (χ1n) is 3.56. The SMILES string of the molecule is Cc1ccc(Cl)c2sc(S)cc12. The lowest BCUT2D eigenvalue weighted by molar-refractivity contribution is 1.54. The Kier molecular flexibility index (Phi) is 2.07. The molecule has 0 radical (unpaired) electrons. The predicted octanol–water partition coefficient (Wildman–Crippen LogP) is 4.15. The molecule has 2 rings (SSSR count). The molecule has 0 saturated heterocycles. The van der Waals surface area contributed by atoms with E-state index in [-0.39, 0.29) is 0 Å². The Morgan fingerprint density at radius 2 is 2.17 bits per heavy atom. The summed E-state index contributed by atoms with van der Waals surface area (Å²) >= 11 is 11.9. The van der Waals surface area contributed by atoms with E-state index in [1.165, 1.54) is 10.9 Å². The number of fused-ring (bicyclic) bond motifs is 1. The smallest absolute Gasteiger partial charge is 0.0584 e. The Morgan fingerprint density at radius 3 is 2.83 bits per heavy atom. The Morgan fingerprint density at radius 1 is 1.42 bits per heavy atom. The monoisotopic (exact) mass is 214 g/mol. The molecule has 0 aliphatic rings. The van der Waals surface area contributed by atoms with E-state index >= 15 is 0 Å². The molecule has 2 aromatic rings. The van der Waals surface area contributed by atoms with Gasteiger partial charge >= 0.3 is 0 Å². The van der Waals surface area contributed by atoms with Gasteiger partial charge in [0.25, 0.3) is 0 Å². The van der Waals surface area contributed by atoms with Crippen LogP contribution >= 0.6 is 35.6 Å². The molecular formula is C9H7ClS2. The Balaban J connectivity index is 2.93. The van der Waals surface area contributed by atoms with Gasteiger partial charge < -0.3 is 0 Å². The van der Waals surface area contributed by atoms with Gasteiger partial charge in [-0.25, -0.2) is 0 Å². The molecule has 12 heavy (non-hydrogen) atoms. The van der Waals surface area contributed by atoms with Crippen LogP contribution in [-0.2, 0) is 0 Å². The first kappa shape index (κ1) is 8.42. The fourth-order valence-electron chi connectivity index (χ4n) is 1.21. The molecule has 1 aromatic carbocycles. The van der Waals surface area contributed by atoms with Crippen molar-refractivity contribution in [2.75, 3.05) is 0 Å². The van der Waals surface area contributed by atoms with Crippen molar-refractivity contribution in [3.8, 4) is 0 Å². The molecule has 0 atom stereocenters. The lowest BCUT2D eigenvalue weighted by atomic mass is 10.2. The standard InChI is InChI=1S/C9H7ClS2/c1-5-2-3-7(10)9-6(5)4-8(11)12-9/h2-4,11H,1H3. The van der Waals surface area contributed by atoms with Crippen LogP contribution in [0.25, 0.3) is 10.1 Å². The van der Waals surface area contributed by atoms with Crippen molar-refractivity contribution in [2.24, 2.45) is 0 Å². The van der Waals surface area contributed by atoms with Gasteiger partial charge in [-0.15, -0.1) is 24.0 Å². The Labute approximate surface area is 85.6 Å². The average Bonchev–Trinajstić information content (AvgIpc) is 2.41. The molecule has 62 valence electrons. The lowest BCUT2D eigenvalue weighted by Gasteiger charge is -1.96. The van der Waals surface area contributed by atoms with E-state index in [1.54, 1.807) is 11.3 Å². The summed E-state index contributed by atoms with van der Waals surface area (Å²) in [5, 5.41) is 2.04. The van der Waals surface area contributed by atoms with E-state index in [1.807, 2.05) is 12.1 Å². The molecule has 0 nitrogen and oxygen atoms in total. The van der Waals surface area contributed by atoms with E-state index in [4.69, 9.17) is 11.6 Å². The van der Waals surface area contributed by atoms with Crippen molar-refractivity contribution in [1.29, 1.82) is 0 Å². The third kappa shape index (κ3) is 1.24. The minimum atomic E-state index is 0.820. The number of rotatable bonds is 0. The Hall–Kier alpha value is -0.180. The molecule has 0 fully saturated rings. The first-order chi connectivity index (χ1) is 5.68. The number of halogens is 1. The molecule has 0 unspecified atom stereocenters. The van der Waals surface area contributed by atoms with Gasteiger partial charge in [0, 0.05) is 0 Å². The summed E-state index contributed by atoms with van der Waals surface area (Å²) in [5.41, 5.74) is 1.26. The van der Waals surface area contributed by atoms with Gasteiger partial charge in [0.15, 0.2) is 0 Å². The van der Waals surface area contributed by atoms with E-state index in [2.05, 4.69) is 25.6 Å². The topological polar surface area (TPSA) is 0 Å². The van der Waals surface area contributed by atoms with Crippen molar-refractivity contribution in [2.45, 2.75) is 11.1 Å². The second-order valence-electron chi connectivity index (χ2n) is 2.69. The summed E-state index contributed by atoms with van der Waals surface area (Å²) in [5.74, 6) is 0. The zero-order valence-corrected chi connectivity index (χ0v) is 8.93. The number of hydrogen-bond donors (Lipinski definition) is 1. The molecular weight excluding hydrogens is 208 g/mol. The number of aryl methyl sites for hydroxylation is 1. The van der Waals surface area contributed by atoms with Crippen LogP contribution in [0.2, 0.25) is 5.02 Å². The summed E-state index contributed by atoms with van der Waals surface area (Å²) < 4.78 is 2.16. The third-order valence-electron chi connectivity index (χ3n) is 1.84. The van der Waals surface area contributed by atoms with Gasteiger partial charge in [-0.05, 0) is 30.0 Å². The van der Waals surface area contributed by atoms with Crippen LogP contribution in [0, 0.1) is 6.92 Å². The maximum Gasteiger partial charge on any atom is 0.0584 e. The van der Waals surface area contributed by atoms with Crippen LogP contribution in [0.1, 0.15) is 5.56 Å². The number of benzene rings is 1. The lowest BCUT2D eigenvalue weighted by Crippen LogP contribution is -1.71.